The van der Waals surface area contributed by atoms with Gasteiger partial charge in [-0.25, -0.2) is 15.0 Å². The Morgan fingerprint density at radius 2 is 1.92 bits per heavy atom. The van der Waals surface area contributed by atoms with Crippen molar-refractivity contribution in [2.24, 2.45) is 0 Å². The highest BCUT2D eigenvalue weighted by Crippen LogP contribution is 2.37. The van der Waals surface area contributed by atoms with Gasteiger partial charge >= 0.3 is 0 Å². The Bertz CT molecular complexity index is 816. The minimum absolute atomic E-state index is 0.0856. The van der Waals surface area contributed by atoms with Crippen LogP contribution in [0.1, 0.15) is 24.7 Å². The van der Waals surface area contributed by atoms with E-state index >= 15 is 0 Å². The van der Waals surface area contributed by atoms with Gasteiger partial charge in [0, 0.05) is 13.1 Å². The quantitative estimate of drug-likeness (QED) is 0.551. The van der Waals surface area contributed by atoms with Crippen LogP contribution < -0.4 is 0 Å². The number of rotatable bonds is 6. The van der Waals surface area contributed by atoms with Crippen LogP contribution in [0.5, 0.6) is 0 Å². The predicted octanol–water partition coefficient (Wildman–Crippen LogP) is 3.05. The first-order valence-electron chi connectivity index (χ1n) is 7.89. The molecule has 0 aliphatic rings. The van der Waals surface area contributed by atoms with Crippen molar-refractivity contribution < 1.29 is 4.79 Å². The van der Waals surface area contributed by atoms with E-state index in [1.165, 1.54) is 18.1 Å². The zero-order valence-corrected chi connectivity index (χ0v) is 14.5. The van der Waals surface area contributed by atoms with Crippen LogP contribution >= 0.6 is 11.8 Å². The molecule has 0 bridgehead atoms. The average Bonchev–Trinajstić information content (AvgIpc) is 3.11. The molecule has 7 heteroatoms. The van der Waals surface area contributed by atoms with Gasteiger partial charge in [0.2, 0.25) is 5.91 Å². The lowest BCUT2D eigenvalue weighted by Crippen LogP contribution is -2.33. The van der Waals surface area contributed by atoms with E-state index in [1.807, 2.05) is 49.1 Å². The molecule has 0 radical (unpaired) electrons. The summed E-state index contributed by atoms with van der Waals surface area (Å²) < 4.78 is 0. The van der Waals surface area contributed by atoms with E-state index < -0.39 is 0 Å². The number of carbonyl (C=O) groups is 1. The summed E-state index contributed by atoms with van der Waals surface area (Å²) in [6, 6.07) is 9.80. The maximum absolute atomic E-state index is 13.0. The van der Waals surface area contributed by atoms with Crippen molar-refractivity contribution in [3.8, 4) is 0 Å². The number of benzene rings is 1. The maximum Gasteiger partial charge on any atom is 0.240 e. The molecule has 2 aromatic heterocycles. The van der Waals surface area contributed by atoms with Gasteiger partial charge in [0.15, 0.2) is 5.65 Å². The number of aromatic amines is 1. The van der Waals surface area contributed by atoms with E-state index in [2.05, 4.69) is 19.9 Å². The molecule has 0 saturated carbocycles. The summed E-state index contributed by atoms with van der Waals surface area (Å²) in [6.07, 6.45) is 3.07. The molecular weight excluding hydrogens is 322 g/mol. The van der Waals surface area contributed by atoms with Crippen molar-refractivity contribution >= 4 is 28.8 Å². The van der Waals surface area contributed by atoms with Crippen molar-refractivity contribution in [2.45, 2.75) is 24.1 Å². The second-order valence-corrected chi connectivity index (χ2v) is 6.29. The van der Waals surface area contributed by atoms with Gasteiger partial charge in [-0.15, -0.1) is 0 Å². The number of hydrogen-bond acceptors (Lipinski definition) is 5. The number of amides is 1. The monoisotopic (exact) mass is 341 g/mol. The summed E-state index contributed by atoms with van der Waals surface area (Å²) in [5.74, 6) is 0.0856. The topological polar surface area (TPSA) is 74.8 Å². The minimum Gasteiger partial charge on any atom is -0.342 e. The molecule has 6 nitrogen and oxygen atoms in total. The van der Waals surface area contributed by atoms with Crippen LogP contribution in [0.25, 0.3) is 11.2 Å². The Balaban J connectivity index is 1.99. The van der Waals surface area contributed by atoms with Crippen LogP contribution in [0.2, 0.25) is 0 Å². The first-order valence-corrected chi connectivity index (χ1v) is 8.77. The van der Waals surface area contributed by atoms with Crippen LogP contribution in [0.15, 0.2) is 48.0 Å². The lowest BCUT2D eigenvalue weighted by atomic mass is 10.1. The van der Waals surface area contributed by atoms with Crippen molar-refractivity contribution in [1.29, 1.82) is 0 Å². The smallest absolute Gasteiger partial charge is 0.240 e. The Hall–Kier alpha value is -2.41. The maximum atomic E-state index is 13.0. The Kier molecular flexibility index (Phi) is 5.10. The fourth-order valence-electron chi connectivity index (χ4n) is 2.53. The molecule has 0 spiro atoms. The van der Waals surface area contributed by atoms with Gasteiger partial charge in [-0.05, 0) is 19.4 Å². The van der Waals surface area contributed by atoms with Gasteiger partial charge in [-0.2, -0.15) is 0 Å². The number of fused-ring (bicyclic) bond motifs is 1. The highest BCUT2D eigenvalue weighted by Gasteiger charge is 2.27. The van der Waals surface area contributed by atoms with Gasteiger partial charge in [0.05, 0.1) is 6.33 Å². The van der Waals surface area contributed by atoms with Gasteiger partial charge in [-0.1, -0.05) is 42.1 Å². The Morgan fingerprint density at radius 1 is 1.17 bits per heavy atom. The molecule has 3 aromatic rings. The molecule has 24 heavy (non-hydrogen) atoms. The fourth-order valence-corrected chi connectivity index (χ4v) is 3.68. The normalized spacial score (nSPS) is 12.2. The first kappa shape index (κ1) is 16.4. The average molecular weight is 341 g/mol. The van der Waals surface area contributed by atoms with Gasteiger partial charge in [-0.3, -0.25) is 4.79 Å². The number of likely N-dealkylation sites (N-methyl/N-ethyl adjacent to an activating group) is 1. The molecule has 0 aliphatic carbocycles. The van der Waals surface area contributed by atoms with Crippen molar-refractivity contribution in [2.75, 3.05) is 13.1 Å². The number of imidazole rings is 1. The summed E-state index contributed by atoms with van der Waals surface area (Å²) in [4.78, 5) is 30.6. The van der Waals surface area contributed by atoms with Crippen LogP contribution in [-0.4, -0.2) is 43.8 Å². The van der Waals surface area contributed by atoms with E-state index in [4.69, 9.17) is 0 Å². The second-order valence-electron chi connectivity index (χ2n) is 5.20. The van der Waals surface area contributed by atoms with E-state index in [-0.39, 0.29) is 11.2 Å². The van der Waals surface area contributed by atoms with Crippen molar-refractivity contribution in [1.82, 2.24) is 24.8 Å². The fraction of sp³-hybridized carbons (Fsp3) is 0.294. The van der Waals surface area contributed by atoms with Crippen LogP contribution in [-0.2, 0) is 4.79 Å². The predicted molar refractivity (Wildman–Crippen MR) is 94.7 cm³/mol. The lowest BCUT2D eigenvalue weighted by molar-refractivity contribution is -0.130. The number of carbonyl (C=O) groups excluding carboxylic acids is 1. The number of nitrogens with one attached hydrogen (secondary N) is 1. The Labute approximate surface area is 144 Å². The molecular formula is C17H19N5OS. The summed E-state index contributed by atoms with van der Waals surface area (Å²) >= 11 is 1.43. The third-order valence-electron chi connectivity index (χ3n) is 3.82. The summed E-state index contributed by atoms with van der Waals surface area (Å²) in [7, 11) is 0. The summed E-state index contributed by atoms with van der Waals surface area (Å²) in [5.41, 5.74) is 2.33. The zero-order valence-electron chi connectivity index (χ0n) is 13.6. The highest BCUT2D eigenvalue weighted by atomic mass is 32.2. The van der Waals surface area contributed by atoms with Crippen LogP contribution in [0.3, 0.4) is 0 Å². The number of nitrogens with zero attached hydrogens (tertiary/aromatic N) is 4. The molecule has 0 fully saturated rings. The van der Waals surface area contributed by atoms with Gasteiger partial charge < -0.3 is 9.88 Å². The molecule has 124 valence electrons. The minimum atomic E-state index is -0.354. The third kappa shape index (κ3) is 3.26. The van der Waals surface area contributed by atoms with E-state index in [1.54, 1.807) is 6.33 Å². The summed E-state index contributed by atoms with van der Waals surface area (Å²) in [5, 5.41) is 0.374. The second kappa shape index (κ2) is 7.44. The number of H-pyrrole nitrogens is 1. The molecule has 0 aliphatic heterocycles. The highest BCUT2D eigenvalue weighted by molar-refractivity contribution is 8.00. The molecule has 0 saturated heterocycles. The van der Waals surface area contributed by atoms with Crippen LogP contribution in [0, 0.1) is 0 Å². The Morgan fingerprint density at radius 3 is 2.62 bits per heavy atom. The van der Waals surface area contributed by atoms with E-state index in [0.717, 1.165) is 16.1 Å². The van der Waals surface area contributed by atoms with Crippen molar-refractivity contribution in [3.05, 3.63) is 48.5 Å². The van der Waals surface area contributed by atoms with Gasteiger partial charge in [0.25, 0.3) is 0 Å². The number of hydrogen-bond donors (Lipinski definition) is 1. The molecule has 1 aromatic carbocycles. The molecule has 1 atom stereocenters. The largest absolute Gasteiger partial charge is 0.342 e. The van der Waals surface area contributed by atoms with Crippen LogP contribution in [0.4, 0.5) is 0 Å². The zero-order chi connectivity index (χ0) is 16.9. The third-order valence-corrected chi connectivity index (χ3v) is 5.06. The molecule has 1 N–H and O–H groups in total. The number of thioether (sulfide) groups is 1. The SMILES string of the molecule is CCN(CC)C(=O)C(Sc1ncnc2nc[nH]c12)c1ccccc1. The molecule has 2 heterocycles. The molecule has 3 rings (SSSR count). The number of aromatic nitrogens is 4. The van der Waals surface area contributed by atoms with E-state index in [9.17, 15) is 4.79 Å². The summed E-state index contributed by atoms with van der Waals surface area (Å²) in [6.45, 7) is 5.35. The first-order chi connectivity index (χ1) is 11.7. The van der Waals surface area contributed by atoms with E-state index in [0.29, 0.717) is 18.7 Å². The molecule has 1 unspecified atom stereocenters. The van der Waals surface area contributed by atoms with Crippen molar-refractivity contribution in [3.63, 3.8) is 0 Å². The lowest BCUT2D eigenvalue weighted by Gasteiger charge is -2.25. The molecule has 1 amide bonds. The van der Waals surface area contributed by atoms with Gasteiger partial charge in [0.1, 0.15) is 22.1 Å². The standard InChI is InChI=1S/C17H19N5OS/c1-3-22(4-2)17(23)14(12-8-6-5-7-9-12)24-16-13-15(19-10-18-13)20-11-21-16/h5-11,14H,3-4H2,1-2H3,(H,18,19,20,21).